The predicted molar refractivity (Wildman–Crippen MR) is 97.3 cm³/mol. The minimum absolute atomic E-state index is 0.324. The third-order valence-corrected chi connectivity index (χ3v) is 6.12. The number of phenols is 1. The number of rotatable bonds is 3. The first-order valence-electron chi connectivity index (χ1n) is 8.29. The van der Waals surface area contributed by atoms with E-state index in [1.54, 1.807) is 0 Å². The number of benzene rings is 1. The summed E-state index contributed by atoms with van der Waals surface area (Å²) >= 11 is 7.17. The Hall–Kier alpha value is -0.100. The molecule has 1 atom stereocenters. The van der Waals surface area contributed by atoms with Gasteiger partial charge in [0.15, 0.2) is 0 Å². The zero-order valence-electron chi connectivity index (χ0n) is 12.8. The second-order valence-corrected chi connectivity index (χ2v) is 8.22. The Bertz CT molecular complexity index is 470. The van der Waals surface area contributed by atoms with Gasteiger partial charge in [-0.15, -0.1) is 0 Å². The van der Waals surface area contributed by atoms with Crippen LogP contribution in [0.3, 0.4) is 0 Å². The number of piperazine rings is 1. The lowest BCUT2D eigenvalue weighted by Crippen LogP contribution is -2.47. The maximum absolute atomic E-state index is 10.6. The summed E-state index contributed by atoms with van der Waals surface area (Å²) in [5.74, 6) is 1.06. The molecule has 1 aromatic carbocycles. The summed E-state index contributed by atoms with van der Waals surface area (Å²) in [6, 6.07) is 4.22. The Balaban J connectivity index is 1.96. The topological polar surface area (TPSA) is 35.5 Å². The molecule has 0 amide bonds. The molecule has 1 heterocycles. The van der Waals surface area contributed by atoms with Crippen LogP contribution in [0.15, 0.2) is 21.1 Å². The summed E-state index contributed by atoms with van der Waals surface area (Å²) in [5, 5.41) is 14.0. The van der Waals surface area contributed by atoms with Gasteiger partial charge in [-0.3, -0.25) is 4.90 Å². The van der Waals surface area contributed by atoms with E-state index in [-0.39, 0.29) is 0 Å². The third kappa shape index (κ3) is 3.69. The second kappa shape index (κ2) is 7.65. The molecule has 2 fully saturated rings. The molecule has 1 aliphatic heterocycles. The maximum Gasteiger partial charge on any atom is 0.122 e. The van der Waals surface area contributed by atoms with Gasteiger partial charge in [0.25, 0.3) is 0 Å². The van der Waals surface area contributed by atoms with Crippen LogP contribution in [0.1, 0.15) is 43.7 Å². The van der Waals surface area contributed by atoms with Crippen molar-refractivity contribution in [3.63, 3.8) is 0 Å². The number of nitrogens with one attached hydrogen (secondary N) is 1. The van der Waals surface area contributed by atoms with Gasteiger partial charge in [-0.25, -0.2) is 0 Å². The van der Waals surface area contributed by atoms with Crippen molar-refractivity contribution in [3.05, 3.63) is 26.6 Å². The molecule has 0 aromatic heterocycles. The molecule has 1 aliphatic carbocycles. The lowest BCUT2D eigenvalue weighted by molar-refractivity contribution is 0.101. The number of halogens is 2. The van der Waals surface area contributed by atoms with Crippen molar-refractivity contribution in [3.8, 4) is 5.75 Å². The summed E-state index contributed by atoms with van der Waals surface area (Å²) in [7, 11) is 0. The minimum atomic E-state index is 0.324. The summed E-state index contributed by atoms with van der Waals surface area (Å²) < 4.78 is 1.94. The van der Waals surface area contributed by atoms with Gasteiger partial charge >= 0.3 is 0 Å². The summed E-state index contributed by atoms with van der Waals surface area (Å²) in [5.41, 5.74) is 1.08. The average Bonchev–Trinajstić information content (AvgIpc) is 2.52. The molecule has 122 valence electrons. The van der Waals surface area contributed by atoms with Crippen LogP contribution in [0.2, 0.25) is 0 Å². The van der Waals surface area contributed by atoms with Gasteiger partial charge in [-0.1, -0.05) is 51.1 Å². The lowest BCUT2D eigenvalue weighted by atomic mass is 9.80. The van der Waals surface area contributed by atoms with Gasteiger partial charge in [0, 0.05) is 46.7 Å². The van der Waals surface area contributed by atoms with E-state index in [4.69, 9.17) is 0 Å². The van der Waals surface area contributed by atoms with E-state index >= 15 is 0 Å². The normalized spacial score (nSPS) is 22.6. The fourth-order valence-electron chi connectivity index (χ4n) is 3.99. The van der Waals surface area contributed by atoms with Gasteiger partial charge in [-0.05, 0) is 30.9 Å². The van der Waals surface area contributed by atoms with Crippen molar-refractivity contribution in [2.75, 3.05) is 26.2 Å². The molecule has 5 heteroatoms. The highest BCUT2D eigenvalue weighted by atomic mass is 79.9. The molecule has 0 bridgehead atoms. The van der Waals surface area contributed by atoms with Crippen LogP contribution in [-0.2, 0) is 0 Å². The quantitative estimate of drug-likeness (QED) is 0.742. The van der Waals surface area contributed by atoms with E-state index in [0.29, 0.717) is 17.7 Å². The molecule has 22 heavy (non-hydrogen) atoms. The molecule has 3 nitrogen and oxygen atoms in total. The molecule has 2 N–H and O–H groups in total. The van der Waals surface area contributed by atoms with E-state index < -0.39 is 0 Å². The Labute approximate surface area is 149 Å². The van der Waals surface area contributed by atoms with Crippen LogP contribution < -0.4 is 5.32 Å². The SMILES string of the molecule is Oc1cc(Br)cc(Br)c1[C@@H](C1CCCCC1)N1CCNCC1. The zero-order chi connectivity index (χ0) is 15.5. The van der Waals surface area contributed by atoms with Crippen molar-refractivity contribution in [1.82, 2.24) is 10.2 Å². The number of hydrogen-bond donors (Lipinski definition) is 2. The molecule has 0 radical (unpaired) electrons. The second-order valence-electron chi connectivity index (χ2n) is 6.45. The molecule has 2 aliphatic rings. The molecule has 1 aromatic rings. The smallest absolute Gasteiger partial charge is 0.122 e. The minimum Gasteiger partial charge on any atom is -0.508 e. The maximum atomic E-state index is 10.6. The van der Waals surface area contributed by atoms with Gasteiger partial charge in [0.05, 0.1) is 0 Å². The van der Waals surface area contributed by atoms with Gasteiger partial charge in [-0.2, -0.15) is 0 Å². The van der Waals surface area contributed by atoms with Crippen molar-refractivity contribution >= 4 is 31.9 Å². The Morgan fingerprint density at radius 3 is 2.41 bits per heavy atom. The van der Waals surface area contributed by atoms with Crippen molar-refractivity contribution in [2.45, 2.75) is 38.1 Å². The van der Waals surface area contributed by atoms with Crippen molar-refractivity contribution in [1.29, 1.82) is 0 Å². The van der Waals surface area contributed by atoms with E-state index in [2.05, 4.69) is 48.1 Å². The first-order chi connectivity index (χ1) is 10.7. The molecule has 1 saturated carbocycles. The summed E-state index contributed by atoms with van der Waals surface area (Å²) in [4.78, 5) is 2.57. The van der Waals surface area contributed by atoms with Crippen molar-refractivity contribution < 1.29 is 5.11 Å². The highest BCUT2D eigenvalue weighted by Gasteiger charge is 2.33. The van der Waals surface area contributed by atoms with E-state index in [0.717, 1.165) is 40.7 Å². The van der Waals surface area contributed by atoms with E-state index in [9.17, 15) is 5.11 Å². The average molecular weight is 432 g/mol. The number of hydrogen-bond acceptors (Lipinski definition) is 3. The van der Waals surface area contributed by atoms with Crippen LogP contribution in [0.4, 0.5) is 0 Å². The van der Waals surface area contributed by atoms with Crippen LogP contribution in [0, 0.1) is 5.92 Å². The first kappa shape index (κ1) is 16.7. The van der Waals surface area contributed by atoms with Gasteiger partial charge < -0.3 is 10.4 Å². The summed E-state index contributed by atoms with van der Waals surface area (Å²) in [6.45, 7) is 4.20. The summed E-state index contributed by atoms with van der Waals surface area (Å²) in [6.07, 6.45) is 6.55. The fourth-order valence-corrected chi connectivity index (χ4v) is 5.43. The monoisotopic (exact) mass is 430 g/mol. The Kier molecular flexibility index (Phi) is 5.82. The lowest BCUT2D eigenvalue weighted by Gasteiger charge is -2.41. The van der Waals surface area contributed by atoms with Gasteiger partial charge in [0.1, 0.15) is 5.75 Å². The molecule has 1 saturated heterocycles. The molecule has 0 unspecified atom stereocenters. The van der Waals surface area contributed by atoms with Crippen LogP contribution in [-0.4, -0.2) is 36.2 Å². The number of aromatic hydroxyl groups is 1. The highest BCUT2D eigenvalue weighted by molar-refractivity contribution is 9.11. The predicted octanol–water partition coefficient (Wildman–Crippen LogP) is 4.44. The fraction of sp³-hybridized carbons (Fsp3) is 0.647. The molecule has 3 rings (SSSR count). The van der Waals surface area contributed by atoms with Crippen LogP contribution in [0.5, 0.6) is 5.75 Å². The number of nitrogens with zero attached hydrogens (tertiary/aromatic N) is 1. The zero-order valence-corrected chi connectivity index (χ0v) is 16.0. The number of phenolic OH excluding ortho intramolecular Hbond substituents is 1. The van der Waals surface area contributed by atoms with Crippen LogP contribution in [0.25, 0.3) is 0 Å². The molecular weight excluding hydrogens is 408 g/mol. The van der Waals surface area contributed by atoms with E-state index in [1.165, 1.54) is 32.1 Å². The van der Waals surface area contributed by atoms with E-state index in [1.807, 2.05) is 6.07 Å². The molecular formula is C17H24Br2N2O. The highest BCUT2D eigenvalue weighted by Crippen LogP contribution is 2.45. The first-order valence-corrected chi connectivity index (χ1v) is 9.88. The Morgan fingerprint density at radius 2 is 1.77 bits per heavy atom. The molecule has 0 spiro atoms. The third-order valence-electron chi connectivity index (χ3n) is 5.01. The van der Waals surface area contributed by atoms with Gasteiger partial charge in [0.2, 0.25) is 0 Å². The van der Waals surface area contributed by atoms with Crippen molar-refractivity contribution in [2.24, 2.45) is 5.92 Å². The largest absolute Gasteiger partial charge is 0.508 e. The van der Waals surface area contributed by atoms with Crippen LogP contribution >= 0.6 is 31.9 Å². The Morgan fingerprint density at radius 1 is 1.09 bits per heavy atom. The standard InChI is InChI=1S/C17H24Br2N2O/c18-13-10-14(19)16(15(22)11-13)17(12-4-2-1-3-5-12)21-8-6-20-7-9-21/h10-12,17,20,22H,1-9H2/t17-/m1/s1.